The van der Waals surface area contributed by atoms with Gasteiger partial charge in [0.25, 0.3) is 0 Å². The minimum absolute atomic E-state index is 0.754. The Morgan fingerprint density at radius 2 is 2.07 bits per heavy atom. The maximum absolute atomic E-state index is 8.77. The van der Waals surface area contributed by atoms with Gasteiger partial charge in [-0.05, 0) is 50.7 Å². The average molecular weight is 188 g/mol. The van der Waals surface area contributed by atoms with Gasteiger partial charge in [-0.2, -0.15) is 5.26 Å². The lowest BCUT2D eigenvalue weighted by Crippen LogP contribution is -2.15. The van der Waals surface area contributed by atoms with E-state index in [0.29, 0.717) is 0 Å². The second kappa shape index (κ2) is 4.78. The van der Waals surface area contributed by atoms with Crippen LogP contribution in [0.25, 0.3) is 0 Å². The second-order valence-corrected chi connectivity index (χ2v) is 3.81. The van der Waals surface area contributed by atoms with Crippen LogP contribution >= 0.6 is 0 Å². The van der Waals surface area contributed by atoms with Crippen LogP contribution in [0.5, 0.6) is 0 Å². The molecule has 0 aliphatic heterocycles. The number of nitrogens with zero attached hydrogens (tertiary/aromatic N) is 2. The van der Waals surface area contributed by atoms with Gasteiger partial charge in [-0.25, -0.2) is 0 Å². The molecule has 1 aromatic carbocycles. The van der Waals surface area contributed by atoms with Gasteiger partial charge in [0.2, 0.25) is 0 Å². The molecular formula is C12H16N2. The molecule has 0 bridgehead atoms. The third-order valence-electron chi connectivity index (χ3n) is 2.31. The lowest BCUT2D eigenvalue weighted by Gasteiger charge is -2.11. The minimum Gasteiger partial charge on any atom is -0.309 e. The van der Waals surface area contributed by atoms with Gasteiger partial charge < -0.3 is 4.90 Å². The number of benzene rings is 1. The molecule has 0 saturated heterocycles. The number of aryl methyl sites for hydroxylation is 1. The Labute approximate surface area is 85.8 Å². The SMILES string of the molecule is Cc1ccc(C#N)cc1CCN(C)C. The maximum atomic E-state index is 8.77. The Morgan fingerprint density at radius 1 is 1.36 bits per heavy atom. The van der Waals surface area contributed by atoms with E-state index in [0.717, 1.165) is 18.5 Å². The maximum Gasteiger partial charge on any atom is 0.0991 e. The van der Waals surface area contributed by atoms with Gasteiger partial charge >= 0.3 is 0 Å². The number of nitriles is 1. The van der Waals surface area contributed by atoms with Crippen molar-refractivity contribution in [3.05, 3.63) is 34.9 Å². The monoisotopic (exact) mass is 188 g/mol. The van der Waals surface area contributed by atoms with E-state index in [-0.39, 0.29) is 0 Å². The number of likely N-dealkylation sites (N-methyl/N-ethyl adjacent to an activating group) is 1. The molecule has 0 radical (unpaired) electrons. The van der Waals surface area contributed by atoms with E-state index in [2.05, 4.69) is 32.0 Å². The highest BCUT2D eigenvalue weighted by Gasteiger charge is 2.00. The third kappa shape index (κ3) is 2.86. The first-order chi connectivity index (χ1) is 6.63. The quantitative estimate of drug-likeness (QED) is 0.725. The van der Waals surface area contributed by atoms with E-state index in [1.54, 1.807) is 0 Å². The molecule has 0 unspecified atom stereocenters. The van der Waals surface area contributed by atoms with E-state index in [1.165, 1.54) is 11.1 Å². The first-order valence-corrected chi connectivity index (χ1v) is 4.78. The van der Waals surface area contributed by atoms with Gasteiger partial charge in [0.1, 0.15) is 0 Å². The lowest BCUT2D eigenvalue weighted by atomic mass is 10.0. The van der Waals surface area contributed by atoms with Gasteiger partial charge in [0.15, 0.2) is 0 Å². The number of hydrogen-bond acceptors (Lipinski definition) is 2. The van der Waals surface area contributed by atoms with Gasteiger partial charge in [-0.3, -0.25) is 0 Å². The van der Waals surface area contributed by atoms with Gasteiger partial charge in [0.05, 0.1) is 11.6 Å². The van der Waals surface area contributed by atoms with Crippen LogP contribution in [-0.4, -0.2) is 25.5 Å². The van der Waals surface area contributed by atoms with Crippen molar-refractivity contribution in [3.8, 4) is 6.07 Å². The third-order valence-corrected chi connectivity index (χ3v) is 2.31. The van der Waals surface area contributed by atoms with Crippen LogP contribution in [0.15, 0.2) is 18.2 Å². The number of hydrogen-bond donors (Lipinski definition) is 0. The van der Waals surface area contributed by atoms with Crippen molar-refractivity contribution in [1.82, 2.24) is 4.90 Å². The second-order valence-electron chi connectivity index (χ2n) is 3.81. The Bertz CT molecular complexity index is 348. The highest BCUT2D eigenvalue weighted by molar-refractivity contribution is 5.37. The zero-order chi connectivity index (χ0) is 10.6. The fraction of sp³-hybridized carbons (Fsp3) is 0.417. The molecule has 1 aromatic rings. The molecule has 0 atom stereocenters. The predicted octanol–water partition coefficient (Wildman–Crippen LogP) is 1.97. The van der Waals surface area contributed by atoms with Crippen LogP contribution in [-0.2, 0) is 6.42 Å². The van der Waals surface area contributed by atoms with Crippen molar-refractivity contribution in [1.29, 1.82) is 5.26 Å². The Morgan fingerprint density at radius 3 is 2.64 bits per heavy atom. The fourth-order valence-electron chi connectivity index (χ4n) is 1.35. The summed E-state index contributed by atoms with van der Waals surface area (Å²) in [4.78, 5) is 2.15. The first kappa shape index (κ1) is 10.7. The molecule has 2 heteroatoms. The van der Waals surface area contributed by atoms with Crippen molar-refractivity contribution in [2.75, 3.05) is 20.6 Å². The molecule has 0 fully saturated rings. The van der Waals surface area contributed by atoms with Crippen LogP contribution in [0.3, 0.4) is 0 Å². The molecule has 0 heterocycles. The molecule has 14 heavy (non-hydrogen) atoms. The van der Waals surface area contributed by atoms with Crippen molar-refractivity contribution in [2.45, 2.75) is 13.3 Å². The van der Waals surface area contributed by atoms with Gasteiger partial charge in [-0.1, -0.05) is 6.07 Å². The summed E-state index contributed by atoms with van der Waals surface area (Å²) in [6.07, 6.45) is 1.01. The van der Waals surface area contributed by atoms with Crippen LogP contribution in [0.4, 0.5) is 0 Å². The van der Waals surface area contributed by atoms with Gasteiger partial charge in [0, 0.05) is 6.54 Å². The van der Waals surface area contributed by atoms with Crippen LogP contribution in [0, 0.1) is 18.3 Å². The van der Waals surface area contributed by atoms with Crippen LogP contribution in [0.2, 0.25) is 0 Å². The molecule has 0 aliphatic carbocycles. The van der Waals surface area contributed by atoms with E-state index in [4.69, 9.17) is 5.26 Å². The molecule has 1 rings (SSSR count). The first-order valence-electron chi connectivity index (χ1n) is 4.78. The van der Waals surface area contributed by atoms with E-state index in [9.17, 15) is 0 Å². The smallest absolute Gasteiger partial charge is 0.0991 e. The molecule has 0 saturated carbocycles. The molecule has 0 N–H and O–H groups in total. The summed E-state index contributed by atoms with van der Waals surface area (Å²) in [5.41, 5.74) is 3.30. The standard InChI is InChI=1S/C12H16N2/c1-10-4-5-11(9-13)8-12(10)6-7-14(2)3/h4-5,8H,6-7H2,1-3H3. The predicted molar refractivity (Wildman–Crippen MR) is 58.2 cm³/mol. The summed E-state index contributed by atoms with van der Waals surface area (Å²) in [6, 6.07) is 8.04. The van der Waals surface area contributed by atoms with E-state index >= 15 is 0 Å². The van der Waals surface area contributed by atoms with Crippen molar-refractivity contribution >= 4 is 0 Å². The topological polar surface area (TPSA) is 27.0 Å². The van der Waals surface area contributed by atoms with Crippen molar-refractivity contribution < 1.29 is 0 Å². The highest BCUT2D eigenvalue weighted by atomic mass is 15.0. The minimum atomic E-state index is 0.754. The Hall–Kier alpha value is -1.33. The van der Waals surface area contributed by atoms with Crippen LogP contribution in [0.1, 0.15) is 16.7 Å². The molecule has 0 aromatic heterocycles. The summed E-state index contributed by atoms with van der Waals surface area (Å²) >= 11 is 0. The molecule has 2 nitrogen and oxygen atoms in total. The molecule has 0 amide bonds. The summed E-state index contributed by atoms with van der Waals surface area (Å²) < 4.78 is 0. The van der Waals surface area contributed by atoms with Gasteiger partial charge in [-0.15, -0.1) is 0 Å². The van der Waals surface area contributed by atoms with Crippen molar-refractivity contribution in [2.24, 2.45) is 0 Å². The summed E-state index contributed by atoms with van der Waals surface area (Å²) in [6.45, 7) is 3.11. The van der Waals surface area contributed by atoms with Crippen LogP contribution < -0.4 is 0 Å². The zero-order valence-corrected chi connectivity index (χ0v) is 9.04. The number of rotatable bonds is 3. The van der Waals surface area contributed by atoms with E-state index < -0.39 is 0 Å². The normalized spacial score (nSPS) is 10.2. The molecule has 0 aliphatic rings. The summed E-state index contributed by atoms with van der Waals surface area (Å²) in [5.74, 6) is 0. The zero-order valence-electron chi connectivity index (χ0n) is 9.04. The average Bonchev–Trinajstić information content (AvgIpc) is 2.16. The van der Waals surface area contributed by atoms with Crippen molar-refractivity contribution in [3.63, 3.8) is 0 Å². The Kier molecular flexibility index (Phi) is 3.67. The summed E-state index contributed by atoms with van der Waals surface area (Å²) in [5, 5.41) is 8.77. The summed E-state index contributed by atoms with van der Waals surface area (Å²) in [7, 11) is 4.12. The molecule has 0 spiro atoms. The molecular weight excluding hydrogens is 172 g/mol. The largest absolute Gasteiger partial charge is 0.309 e. The Balaban J connectivity index is 2.80. The highest BCUT2D eigenvalue weighted by Crippen LogP contribution is 2.11. The van der Waals surface area contributed by atoms with E-state index in [1.807, 2.05) is 18.2 Å². The molecule has 74 valence electrons. The lowest BCUT2D eigenvalue weighted by molar-refractivity contribution is 0.413. The fourth-order valence-corrected chi connectivity index (χ4v) is 1.35.